The van der Waals surface area contributed by atoms with Gasteiger partial charge in [0.1, 0.15) is 0 Å². The lowest BCUT2D eigenvalue weighted by atomic mass is 9.89. The highest BCUT2D eigenvalue weighted by molar-refractivity contribution is 5.84. The fraction of sp³-hybridized carbons (Fsp3) is 0.471. The second-order valence-corrected chi connectivity index (χ2v) is 6.08. The van der Waals surface area contributed by atoms with Gasteiger partial charge < -0.3 is 15.0 Å². The molecule has 2 aromatic rings. The van der Waals surface area contributed by atoms with Crippen LogP contribution >= 0.6 is 0 Å². The number of benzene rings is 1. The minimum atomic E-state index is -0.634. The van der Waals surface area contributed by atoms with E-state index in [9.17, 15) is 9.90 Å². The summed E-state index contributed by atoms with van der Waals surface area (Å²) in [6.45, 7) is 3.04. The number of fused-ring (bicyclic) bond motifs is 1. The molecule has 1 aliphatic rings. The number of aromatic amines is 1. The number of aryl methyl sites for hydroxylation is 1. The summed E-state index contributed by atoms with van der Waals surface area (Å²) < 4.78 is 0. The number of likely N-dealkylation sites (tertiary alicyclic amines) is 1. The maximum atomic E-state index is 12.2. The van der Waals surface area contributed by atoms with E-state index in [4.69, 9.17) is 0 Å². The molecule has 0 bridgehead atoms. The lowest BCUT2D eigenvalue weighted by Gasteiger charge is -2.46. The van der Waals surface area contributed by atoms with Crippen molar-refractivity contribution in [2.45, 2.75) is 38.2 Å². The summed E-state index contributed by atoms with van der Waals surface area (Å²) in [6, 6.07) is 8.14. The minimum absolute atomic E-state index is 0.140. The van der Waals surface area contributed by atoms with Gasteiger partial charge in [-0.05, 0) is 24.5 Å². The molecule has 21 heavy (non-hydrogen) atoms. The van der Waals surface area contributed by atoms with Crippen molar-refractivity contribution in [3.05, 3.63) is 36.0 Å². The molecular weight excluding hydrogens is 264 g/mol. The Bertz CT molecular complexity index is 641. The Morgan fingerprint density at radius 3 is 2.90 bits per heavy atom. The maximum absolute atomic E-state index is 12.2. The molecule has 0 saturated carbocycles. The molecule has 2 N–H and O–H groups in total. The number of hydrogen-bond donors (Lipinski definition) is 2. The molecule has 4 nitrogen and oxygen atoms in total. The van der Waals surface area contributed by atoms with Gasteiger partial charge in [-0.15, -0.1) is 0 Å². The summed E-state index contributed by atoms with van der Waals surface area (Å²) in [7, 11) is 0. The van der Waals surface area contributed by atoms with Gasteiger partial charge in [0.15, 0.2) is 0 Å². The summed E-state index contributed by atoms with van der Waals surface area (Å²) in [5.74, 6) is 0.140. The van der Waals surface area contributed by atoms with Crippen LogP contribution in [-0.2, 0) is 11.2 Å². The smallest absolute Gasteiger partial charge is 0.223 e. The Kier molecular flexibility index (Phi) is 3.72. The number of aliphatic hydroxyl groups is 1. The second-order valence-electron chi connectivity index (χ2n) is 6.08. The molecule has 1 amide bonds. The molecule has 0 unspecified atom stereocenters. The molecule has 1 saturated heterocycles. The first kappa shape index (κ1) is 14.1. The van der Waals surface area contributed by atoms with E-state index >= 15 is 0 Å². The van der Waals surface area contributed by atoms with Crippen molar-refractivity contribution in [2.24, 2.45) is 0 Å². The fourth-order valence-corrected chi connectivity index (χ4v) is 3.20. The van der Waals surface area contributed by atoms with Gasteiger partial charge in [-0.25, -0.2) is 0 Å². The fourth-order valence-electron chi connectivity index (χ4n) is 3.20. The van der Waals surface area contributed by atoms with E-state index < -0.39 is 5.60 Å². The zero-order chi connectivity index (χ0) is 14.9. The van der Waals surface area contributed by atoms with Crippen molar-refractivity contribution in [1.82, 2.24) is 9.88 Å². The molecule has 0 atom stereocenters. The Hall–Kier alpha value is -1.81. The number of hydrogen-bond acceptors (Lipinski definition) is 2. The number of aromatic nitrogens is 1. The van der Waals surface area contributed by atoms with Crippen LogP contribution in [0.2, 0.25) is 0 Å². The Morgan fingerprint density at radius 1 is 1.38 bits per heavy atom. The van der Waals surface area contributed by atoms with Crippen molar-refractivity contribution >= 4 is 16.8 Å². The van der Waals surface area contributed by atoms with Crippen LogP contribution in [0.4, 0.5) is 0 Å². The normalized spacial score (nSPS) is 17.0. The topological polar surface area (TPSA) is 56.3 Å². The predicted octanol–water partition coefficient (Wildman–Crippen LogP) is 2.47. The zero-order valence-corrected chi connectivity index (χ0v) is 12.4. The van der Waals surface area contributed by atoms with E-state index in [1.54, 1.807) is 4.90 Å². The predicted molar refractivity (Wildman–Crippen MR) is 83.1 cm³/mol. The van der Waals surface area contributed by atoms with Gasteiger partial charge in [0.05, 0.1) is 18.7 Å². The van der Waals surface area contributed by atoms with E-state index in [1.807, 2.05) is 24.4 Å². The highest BCUT2D eigenvalue weighted by Crippen LogP contribution is 2.27. The van der Waals surface area contributed by atoms with Gasteiger partial charge in [-0.2, -0.15) is 0 Å². The largest absolute Gasteiger partial charge is 0.386 e. The van der Waals surface area contributed by atoms with Gasteiger partial charge in [0.25, 0.3) is 0 Å². The first-order valence-corrected chi connectivity index (χ1v) is 7.66. The van der Waals surface area contributed by atoms with Crippen LogP contribution in [-0.4, -0.2) is 39.6 Å². The van der Waals surface area contributed by atoms with Crippen molar-refractivity contribution in [3.63, 3.8) is 0 Å². The molecule has 2 heterocycles. The SMILES string of the molecule is CCCC1(O)CN(C(=O)CCc2c[nH]c3ccccc23)C1. The molecule has 1 fully saturated rings. The van der Waals surface area contributed by atoms with Crippen LogP contribution in [0.3, 0.4) is 0 Å². The van der Waals surface area contributed by atoms with Crippen molar-refractivity contribution in [2.75, 3.05) is 13.1 Å². The minimum Gasteiger partial charge on any atom is -0.386 e. The molecule has 1 aliphatic heterocycles. The summed E-state index contributed by atoms with van der Waals surface area (Å²) in [5, 5.41) is 11.3. The number of nitrogens with one attached hydrogen (secondary N) is 1. The number of para-hydroxylation sites is 1. The third-order valence-electron chi connectivity index (χ3n) is 4.32. The molecule has 0 radical (unpaired) electrons. The third kappa shape index (κ3) is 2.81. The molecule has 3 rings (SSSR count). The number of nitrogens with zero attached hydrogens (tertiary/aromatic N) is 1. The van der Waals surface area contributed by atoms with E-state index in [1.165, 1.54) is 10.9 Å². The molecule has 0 spiro atoms. The van der Waals surface area contributed by atoms with Crippen molar-refractivity contribution in [1.29, 1.82) is 0 Å². The second kappa shape index (κ2) is 5.53. The van der Waals surface area contributed by atoms with E-state index in [0.29, 0.717) is 19.5 Å². The van der Waals surface area contributed by atoms with Crippen LogP contribution in [0.1, 0.15) is 31.7 Å². The quantitative estimate of drug-likeness (QED) is 0.887. The first-order valence-electron chi connectivity index (χ1n) is 7.66. The average molecular weight is 286 g/mol. The number of H-pyrrole nitrogens is 1. The average Bonchev–Trinajstić information content (AvgIpc) is 2.85. The number of rotatable bonds is 5. The summed E-state index contributed by atoms with van der Waals surface area (Å²) in [5.41, 5.74) is 1.66. The summed E-state index contributed by atoms with van der Waals surface area (Å²) in [4.78, 5) is 17.2. The lowest BCUT2D eigenvalue weighted by molar-refractivity contribution is -0.156. The zero-order valence-electron chi connectivity index (χ0n) is 12.4. The molecular formula is C17H22N2O2. The van der Waals surface area contributed by atoms with E-state index in [0.717, 1.165) is 24.8 Å². The van der Waals surface area contributed by atoms with Gasteiger partial charge in [0, 0.05) is 23.5 Å². The Labute approximate surface area is 124 Å². The monoisotopic (exact) mass is 286 g/mol. The molecule has 1 aromatic heterocycles. The molecule has 4 heteroatoms. The van der Waals surface area contributed by atoms with Crippen LogP contribution in [0, 0.1) is 0 Å². The number of carbonyl (C=O) groups is 1. The number of β-amino-alcohol motifs (C(OH)–C–C–N with tert-alkyl or cyclic N) is 1. The lowest BCUT2D eigenvalue weighted by Crippen LogP contribution is -2.63. The van der Waals surface area contributed by atoms with Gasteiger partial charge in [0.2, 0.25) is 5.91 Å². The van der Waals surface area contributed by atoms with Crippen LogP contribution in [0.25, 0.3) is 10.9 Å². The van der Waals surface area contributed by atoms with Crippen LogP contribution in [0.5, 0.6) is 0 Å². The van der Waals surface area contributed by atoms with E-state index in [2.05, 4.69) is 18.0 Å². The molecule has 112 valence electrons. The van der Waals surface area contributed by atoms with Crippen LogP contribution in [0.15, 0.2) is 30.5 Å². The summed E-state index contributed by atoms with van der Waals surface area (Å²) >= 11 is 0. The summed E-state index contributed by atoms with van der Waals surface area (Å²) in [6.07, 6.45) is 4.96. The highest BCUT2D eigenvalue weighted by Gasteiger charge is 2.42. The maximum Gasteiger partial charge on any atom is 0.223 e. The third-order valence-corrected chi connectivity index (χ3v) is 4.32. The number of amides is 1. The van der Waals surface area contributed by atoms with Gasteiger partial charge in [-0.3, -0.25) is 4.79 Å². The molecule has 1 aromatic carbocycles. The number of carbonyl (C=O) groups excluding carboxylic acids is 1. The van der Waals surface area contributed by atoms with Crippen molar-refractivity contribution in [3.8, 4) is 0 Å². The standard InChI is InChI=1S/C17H22N2O2/c1-2-9-17(21)11-19(12-17)16(20)8-7-13-10-18-15-6-4-3-5-14(13)15/h3-6,10,18,21H,2,7-9,11-12H2,1H3. The van der Waals surface area contributed by atoms with Crippen LogP contribution < -0.4 is 0 Å². The Balaban J connectivity index is 1.55. The van der Waals surface area contributed by atoms with E-state index in [-0.39, 0.29) is 5.91 Å². The molecule has 0 aliphatic carbocycles. The Morgan fingerprint density at radius 2 is 2.14 bits per heavy atom. The van der Waals surface area contributed by atoms with Gasteiger partial charge >= 0.3 is 0 Å². The van der Waals surface area contributed by atoms with Crippen molar-refractivity contribution < 1.29 is 9.90 Å². The highest BCUT2D eigenvalue weighted by atomic mass is 16.3. The first-order chi connectivity index (χ1) is 10.1. The van der Waals surface area contributed by atoms with Gasteiger partial charge in [-0.1, -0.05) is 31.5 Å².